The van der Waals surface area contributed by atoms with E-state index in [0.29, 0.717) is 0 Å². The van der Waals surface area contributed by atoms with Crippen molar-refractivity contribution in [3.05, 3.63) is 98.9 Å². The van der Waals surface area contributed by atoms with E-state index in [0.717, 1.165) is 16.7 Å². The van der Waals surface area contributed by atoms with E-state index in [1.807, 2.05) is 20.8 Å². The van der Waals surface area contributed by atoms with Crippen LogP contribution >= 0.6 is 0 Å². The average molecular weight is 592 g/mol. The normalized spacial score (nSPS) is 12.6. The molecule has 0 spiro atoms. The molecule has 0 aliphatic heterocycles. The van der Waals surface area contributed by atoms with Gasteiger partial charge >= 0.3 is 0 Å². The van der Waals surface area contributed by atoms with Crippen LogP contribution in [-0.2, 0) is 30.1 Å². The highest BCUT2D eigenvalue weighted by Gasteiger charge is 2.23. The Morgan fingerprint density at radius 2 is 0.821 bits per heavy atom. The van der Waals surface area contributed by atoms with Crippen molar-refractivity contribution in [2.45, 2.75) is 48.3 Å². The Morgan fingerprint density at radius 3 is 1.15 bits per heavy atom. The minimum absolute atomic E-state index is 0.00778. The summed E-state index contributed by atoms with van der Waals surface area (Å²) in [4.78, 5) is 0.254. The van der Waals surface area contributed by atoms with Crippen LogP contribution in [0.2, 0.25) is 0 Å². The summed E-state index contributed by atoms with van der Waals surface area (Å²) in [5.41, 5.74) is 2.74. The highest BCUT2D eigenvalue weighted by atomic mass is 32.2. The van der Waals surface area contributed by atoms with Gasteiger partial charge in [-0.15, -0.1) is 13.1 Å². The topological polar surface area (TPSA) is 134 Å². The highest BCUT2D eigenvalue weighted by molar-refractivity contribution is 7.94. The van der Waals surface area contributed by atoms with Crippen molar-refractivity contribution < 1.29 is 25.3 Å². The molecule has 0 unspecified atom stereocenters. The minimum Gasteiger partial charge on any atom is -0.545 e. The number of nitrogens with zero attached hydrogens (tertiary/aromatic N) is 3. The van der Waals surface area contributed by atoms with Crippen LogP contribution in [0.5, 0.6) is 0 Å². The van der Waals surface area contributed by atoms with E-state index in [2.05, 4.69) is 9.44 Å². The van der Waals surface area contributed by atoms with Gasteiger partial charge in [-0.2, -0.15) is 4.31 Å². The van der Waals surface area contributed by atoms with Crippen molar-refractivity contribution in [2.75, 3.05) is 26.2 Å². The van der Waals surface area contributed by atoms with Crippen molar-refractivity contribution in [3.63, 3.8) is 0 Å². The molecule has 0 fully saturated rings. The predicted molar refractivity (Wildman–Crippen MR) is 152 cm³/mol. The van der Waals surface area contributed by atoms with Crippen molar-refractivity contribution in [1.29, 1.82) is 0 Å². The lowest BCUT2D eigenvalue weighted by atomic mass is 10.2. The molecule has 12 heteroatoms. The molecule has 0 bridgehead atoms. The maximum Gasteiger partial charge on any atom is 0.243 e. The molecule has 0 aliphatic rings. The lowest BCUT2D eigenvalue weighted by molar-refractivity contribution is 0.407. The molecule has 0 heterocycles. The van der Waals surface area contributed by atoms with Crippen molar-refractivity contribution >= 4 is 30.1 Å². The summed E-state index contributed by atoms with van der Waals surface area (Å²) in [5, 5.41) is 0. The molecule has 0 saturated carbocycles. The molecule has 0 atom stereocenters. The van der Waals surface area contributed by atoms with Crippen LogP contribution in [0.3, 0.4) is 0 Å². The lowest BCUT2D eigenvalue weighted by Gasteiger charge is -2.27. The highest BCUT2D eigenvalue weighted by Crippen LogP contribution is 2.21. The van der Waals surface area contributed by atoms with Gasteiger partial charge in [-0.05, 0) is 57.2 Å². The quantitative estimate of drug-likeness (QED) is 0.245. The van der Waals surface area contributed by atoms with Crippen LogP contribution in [0.15, 0.2) is 87.5 Å². The fraction of sp³-hybridized carbons (Fsp3) is 0.333. The van der Waals surface area contributed by atoms with E-state index in [4.69, 9.17) is 0 Å². The molecule has 3 aromatic rings. The van der Waals surface area contributed by atoms with Gasteiger partial charge in [0.1, 0.15) is 20.0 Å². The second-order valence-corrected chi connectivity index (χ2v) is 14.5. The summed E-state index contributed by atoms with van der Waals surface area (Å²) in [6.45, 7) is 5.37. The molecule has 39 heavy (non-hydrogen) atoms. The first-order valence-corrected chi connectivity index (χ1v) is 16.7. The molecular weight excluding hydrogens is 559 g/mol. The van der Waals surface area contributed by atoms with Gasteiger partial charge in [-0.25, -0.2) is 25.3 Å². The number of hydrogen-bond donors (Lipinski definition) is 0. The lowest BCUT2D eigenvalue weighted by Crippen LogP contribution is -2.34. The van der Waals surface area contributed by atoms with Gasteiger partial charge in [0.25, 0.3) is 0 Å². The molecular formula is C27H33N3O6S3-2. The first-order valence-electron chi connectivity index (χ1n) is 12.4. The van der Waals surface area contributed by atoms with E-state index in [1.165, 1.54) is 40.7 Å². The summed E-state index contributed by atoms with van der Waals surface area (Å²) in [5.74, 6) is 0. The van der Waals surface area contributed by atoms with E-state index in [-0.39, 0.29) is 53.7 Å². The van der Waals surface area contributed by atoms with Crippen molar-refractivity contribution in [2.24, 2.45) is 0 Å². The SMILES string of the molecule is Cc1ccc(S(=O)(=O)[N-]CCCN(CCC[N-]S(=O)(=O)c2ccc(C)cc2)S(=O)(=O)c2ccc(C)cc2)cc1. The van der Waals surface area contributed by atoms with E-state index >= 15 is 0 Å². The third-order valence-corrected chi connectivity index (χ3v) is 10.6. The van der Waals surface area contributed by atoms with Gasteiger partial charge in [0.15, 0.2) is 0 Å². The summed E-state index contributed by atoms with van der Waals surface area (Å²) in [6.07, 6.45) is 0.323. The molecule has 9 nitrogen and oxygen atoms in total. The summed E-state index contributed by atoms with van der Waals surface area (Å²) < 4.78 is 85.6. The Bertz CT molecular complexity index is 1470. The molecule has 3 rings (SSSR count). The number of sulfonamides is 3. The van der Waals surface area contributed by atoms with Gasteiger partial charge in [-0.3, -0.25) is 0 Å². The molecule has 3 aromatic carbocycles. The largest absolute Gasteiger partial charge is 0.545 e. The van der Waals surface area contributed by atoms with Crippen LogP contribution in [-0.4, -0.2) is 55.7 Å². The van der Waals surface area contributed by atoms with E-state index in [1.54, 1.807) is 36.4 Å². The summed E-state index contributed by atoms with van der Waals surface area (Å²) >= 11 is 0. The van der Waals surface area contributed by atoms with Crippen molar-refractivity contribution in [1.82, 2.24) is 4.31 Å². The fourth-order valence-electron chi connectivity index (χ4n) is 3.64. The molecule has 212 valence electrons. The van der Waals surface area contributed by atoms with Crippen molar-refractivity contribution in [3.8, 4) is 0 Å². The first kappa shape index (κ1) is 30.9. The zero-order valence-electron chi connectivity index (χ0n) is 22.2. The predicted octanol–water partition coefficient (Wildman–Crippen LogP) is 4.91. The van der Waals surface area contributed by atoms with Gasteiger partial charge in [0, 0.05) is 22.9 Å². The molecule has 0 amide bonds. The third kappa shape index (κ3) is 8.69. The number of benzene rings is 3. The smallest absolute Gasteiger partial charge is 0.243 e. The monoisotopic (exact) mass is 591 g/mol. The summed E-state index contributed by atoms with van der Waals surface area (Å²) in [6, 6.07) is 19.1. The zero-order valence-corrected chi connectivity index (χ0v) is 24.6. The average Bonchev–Trinajstić information content (AvgIpc) is 2.88. The van der Waals surface area contributed by atoms with Gasteiger partial charge in [0.2, 0.25) is 10.0 Å². The number of hydrogen-bond acceptors (Lipinski definition) is 6. The maximum atomic E-state index is 13.4. The van der Waals surface area contributed by atoms with E-state index < -0.39 is 30.1 Å². The molecule has 0 radical (unpaired) electrons. The molecule has 0 N–H and O–H groups in total. The van der Waals surface area contributed by atoms with E-state index in [9.17, 15) is 25.3 Å². The fourth-order valence-corrected chi connectivity index (χ4v) is 7.16. The molecule has 0 saturated heterocycles. The Kier molecular flexibility index (Phi) is 10.4. The van der Waals surface area contributed by atoms with Gasteiger partial charge in [0.05, 0.1) is 4.90 Å². The minimum atomic E-state index is -3.91. The molecule has 0 aromatic heterocycles. The van der Waals surface area contributed by atoms with Gasteiger partial charge in [-0.1, -0.05) is 65.9 Å². The number of aryl methyl sites for hydroxylation is 3. The Hall–Kier alpha value is -2.61. The summed E-state index contributed by atoms with van der Waals surface area (Å²) in [7, 11) is -11.6. The zero-order chi connectivity index (χ0) is 28.7. The standard InChI is InChI=1S/C27H33N3O6S3/c1-22-6-12-25(13-7-22)37(31,32)28-18-4-20-30(39(35,36)27-16-10-24(3)11-17-27)21-5-19-29-38(33,34)26-14-8-23(2)9-15-26/h6-17H,4-5,18-21H2,1-3H3/q-2. The second kappa shape index (κ2) is 13.2. The Morgan fingerprint density at radius 1 is 0.513 bits per heavy atom. The van der Waals surface area contributed by atoms with Gasteiger partial charge < -0.3 is 9.44 Å². The molecule has 0 aliphatic carbocycles. The number of rotatable bonds is 14. The Labute approximate surface area is 232 Å². The first-order chi connectivity index (χ1) is 18.3. The second-order valence-electron chi connectivity index (χ2n) is 9.21. The van der Waals surface area contributed by atoms with Crippen LogP contribution in [0.1, 0.15) is 29.5 Å². The maximum absolute atomic E-state index is 13.4. The van der Waals surface area contributed by atoms with Crippen LogP contribution < -0.4 is 0 Å². The van der Waals surface area contributed by atoms with Crippen LogP contribution in [0.4, 0.5) is 0 Å². The third-order valence-electron chi connectivity index (χ3n) is 5.95. The van der Waals surface area contributed by atoms with Crippen LogP contribution in [0, 0.1) is 20.8 Å². The van der Waals surface area contributed by atoms with Crippen LogP contribution in [0.25, 0.3) is 9.44 Å². The Balaban J connectivity index is 1.64.